The molecule has 1 unspecified atom stereocenters. The number of thiophene rings is 1. The van der Waals surface area contributed by atoms with E-state index in [1.165, 1.54) is 0 Å². The van der Waals surface area contributed by atoms with Crippen molar-refractivity contribution in [3.05, 3.63) is 22.4 Å². The van der Waals surface area contributed by atoms with Crippen LogP contribution in [0.3, 0.4) is 0 Å². The Hall–Kier alpha value is -0.910. The normalized spacial score (nSPS) is 20.6. The van der Waals surface area contributed by atoms with Gasteiger partial charge in [-0.05, 0) is 30.8 Å². The van der Waals surface area contributed by atoms with E-state index in [0.717, 1.165) is 30.8 Å². The highest BCUT2D eigenvalue weighted by Gasteiger charge is 2.14. The molecule has 1 fully saturated rings. The topological polar surface area (TPSA) is 50.4 Å². The highest BCUT2D eigenvalue weighted by atomic mass is 32.1. The van der Waals surface area contributed by atoms with Gasteiger partial charge in [0.1, 0.15) is 0 Å². The largest absolute Gasteiger partial charge is 0.314 e. The van der Waals surface area contributed by atoms with Gasteiger partial charge in [0, 0.05) is 11.4 Å². The first-order valence-corrected chi connectivity index (χ1v) is 6.40. The molecule has 5 heteroatoms. The molecule has 1 aliphatic heterocycles. The van der Waals surface area contributed by atoms with Crippen LogP contribution in [0.5, 0.6) is 0 Å². The molecule has 0 aliphatic carbocycles. The lowest BCUT2D eigenvalue weighted by atomic mass is 10.1. The van der Waals surface area contributed by atoms with Crippen LogP contribution in [0.4, 0.5) is 0 Å². The smallest absolute Gasteiger partial charge is 0.248 e. The Kier molecular flexibility index (Phi) is 4.33. The van der Waals surface area contributed by atoms with Crippen molar-refractivity contribution in [3.8, 4) is 0 Å². The van der Waals surface area contributed by atoms with Crippen LogP contribution in [0.25, 0.3) is 0 Å². The van der Waals surface area contributed by atoms with E-state index in [1.54, 1.807) is 11.3 Å². The molecule has 88 valence electrons. The summed E-state index contributed by atoms with van der Waals surface area (Å²) in [5.41, 5.74) is 2.52. The van der Waals surface area contributed by atoms with Crippen LogP contribution < -0.4 is 10.8 Å². The Balaban J connectivity index is 1.67. The van der Waals surface area contributed by atoms with Crippen LogP contribution in [0, 0.1) is 0 Å². The van der Waals surface area contributed by atoms with E-state index < -0.39 is 0 Å². The number of carbonyl (C=O) groups is 1. The number of carbonyl (C=O) groups excluding carboxylic acids is 1. The van der Waals surface area contributed by atoms with Gasteiger partial charge in [0.2, 0.25) is 5.91 Å². The minimum atomic E-state index is -0.0759. The first-order chi connectivity index (χ1) is 7.84. The van der Waals surface area contributed by atoms with Crippen molar-refractivity contribution >= 4 is 17.2 Å². The second-order valence-corrected chi connectivity index (χ2v) is 4.90. The van der Waals surface area contributed by atoms with Gasteiger partial charge >= 0.3 is 0 Å². The molecule has 0 aromatic carbocycles. The lowest BCUT2D eigenvalue weighted by molar-refractivity contribution is -0.138. The van der Waals surface area contributed by atoms with Crippen LogP contribution in [0.1, 0.15) is 17.7 Å². The average molecular weight is 240 g/mol. The third kappa shape index (κ3) is 3.59. The molecule has 1 saturated heterocycles. The zero-order valence-electron chi connectivity index (χ0n) is 9.07. The number of hydroxylamine groups is 1. The molecule has 0 saturated carbocycles. The fraction of sp³-hybridized carbons (Fsp3) is 0.545. The molecule has 1 aliphatic rings. The molecular formula is C11H16N2O2S. The predicted octanol–water partition coefficient (Wildman–Crippen LogP) is 1.09. The lowest BCUT2D eigenvalue weighted by Crippen LogP contribution is -2.40. The number of piperidine rings is 1. The molecule has 2 rings (SSSR count). The molecule has 1 aromatic rings. The average Bonchev–Trinajstić information content (AvgIpc) is 2.81. The van der Waals surface area contributed by atoms with E-state index >= 15 is 0 Å². The first-order valence-electron chi connectivity index (χ1n) is 5.52. The van der Waals surface area contributed by atoms with Crippen molar-refractivity contribution < 1.29 is 9.63 Å². The number of hydrogen-bond acceptors (Lipinski definition) is 4. The number of hydrogen-bond donors (Lipinski definition) is 2. The van der Waals surface area contributed by atoms with Crippen molar-refractivity contribution in [2.75, 3.05) is 13.1 Å². The van der Waals surface area contributed by atoms with Crippen molar-refractivity contribution in [2.24, 2.45) is 0 Å². The van der Waals surface area contributed by atoms with Gasteiger partial charge in [-0.2, -0.15) is 0 Å². The summed E-state index contributed by atoms with van der Waals surface area (Å²) >= 11 is 1.58. The monoisotopic (exact) mass is 240 g/mol. The van der Waals surface area contributed by atoms with Gasteiger partial charge < -0.3 is 5.32 Å². The summed E-state index contributed by atoms with van der Waals surface area (Å²) in [6, 6.07) is 3.89. The highest BCUT2D eigenvalue weighted by Crippen LogP contribution is 2.09. The van der Waals surface area contributed by atoms with E-state index in [1.807, 2.05) is 17.5 Å². The van der Waals surface area contributed by atoms with E-state index in [0.29, 0.717) is 6.42 Å². The summed E-state index contributed by atoms with van der Waals surface area (Å²) in [4.78, 5) is 17.9. The maximum Gasteiger partial charge on any atom is 0.248 e. The fourth-order valence-corrected chi connectivity index (χ4v) is 2.38. The first kappa shape index (κ1) is 11.6. The van der Waals surface area contributed by atoms with Crippen molar-refractivity contribution in [1.82, 2.24) is 10.8 Å². The van der Waals surface area contributed by atoms with E-state index in [9.17, 15) is 4.79 Å². The van der Waals surface area contributed by atoms with Crippen LogP contribution in [-0.4, -0.2) is 25.1 Å². The zero-order chi connectivity index (χ0) is 11.2. The van der Waals surface area contributed by atoms with Crippen molar-refractivity contribution in [1.29, 1.82) is 0 Å². The van der Waals surface area contributed by atoms with Crippen LogP contribution in [-0.2, 0) is 16.1 Å². The minimum Gasteiger partial charge on any atom is -0.314 e. The zero-order valence-corrected chi connectivity index (χ0v) is 9.89. The summed E-state index contributed by atoms with van der Waals surface area (Å²) in [5, 5.41) is 5.20. The maximum atomic E-state index is 11.5. The number of rotatable bonds is 4. The summed E-state index contributed by atoms with van der Waals surface area (Å²) in [7, 11) is 0. The third-order valence-corrected chi connectivity index (χ3v) is 3.38. The van der Waals surface area contributed by atoms with Gasteiger partial charge in [-0.15, -0.1) is 11.3 Å². The van der Waals surface area contributed by atoms with Gasteiger partial charge in [-0.25, -0.2) is 5.48 Å². The second-order valence-electron chi connectivity index (χ2n) is 3.87. The highest BCUT2D eigenvalue weighted by molar-refractivity contribution is 7.10. The van der Waals surface area contributed by atoms with Gasteiger partial charge in [-0.1, -0.05) is 6.07 Å². The van der Waals surface area contributed by atoms with E-state index in [2.05, 4.69) is 10.8 Å². The second kappa shape index (κ2) is 5.98. The Morgan fingerprint density at radius 1 is 1.69 bits per heavy atom. The minimum absolute atomic E-state index is 0.0759. The standard InChI is InChI=1S/C11H16N2O2S/c14-11(7-10-4-2-6-16-10)13-15-9-3-1-5-12-8-9/h2,4,6,9,12H,1,3,5,7-8H2,(H,13,14). The molecule has 2 heterocycles. The quantitative estimate of drug-likeness (QED) is 0.775. The lowest BCUT2D eigenvalue weighted by Gasteiger charge is -2.22. The molecule has 0 spiro atoms. The fourth-order valence-electron chi connectivity index (χ4n) is 1.68. The Morgan fingerprint density at radius 2 is 2.62 bits per heavy atom. The van der Waals surface area contributed by atoms with Gasteiger partial charge in [0.15, 0.2) is 0 Å². The Labute approximate surface area is 98.9 Å². The molecule has 16 heavy (non-hydrogen) atoms. The van der Waals surface area contributed by atoms with Crippen molar-refractivity contribution in [2.45, 2.75) is 25.4 Å². The van der Waals surface area contributed by atoms with E-state index in [-0.39, 0.29) is 12.0 Å². The number of nitrogens with one attached hydrogen (secondary N) is 2. The van der Waals surface area contributed by atoms with Gasteiger partial charge in [-0.3, -0.25) is 9.63 Å². The Morgan fingerprint density at radius 3 is 3.31 bits per heavy atom. The molecule has 1 aromatic heterocycles. The molecule has 2 N–H and O–H groups in total. The summed E-state index contributed by atoms with van der Waals surface area (Å²) in [6.07, 6.45) is 2.62. The number of amides is 1. The summed E-state index contributed by atoms with van der Waals surface area (Å²) in [5.74, 6) is -0.0759. The van der Waals surface area contributed by atoms with Gasteiger partial charge in [0.25, 0.3) is 0 Å². The molecule has 1 amide bonds. The molecular weight excluding hydrogens is 224 g/mol. The van der Waals surface area contributed by atoms with E-state index in [4.69, 9.17) is 4.84 Å². The van der Waals surface area contributed by atoms with Crippen LogP contribution >= 0.6 is 11.3 Å². The third-order valence-electron chi connectivity index (χ3n) is 2.51. The summed E-state index contributed by atoms with van der Waals surface area (Å²) in [6.45, 7) is 1.86. The molecule has 1 atom stereocenters. The van der Waals surface area contributed by atoms with Gasteiger partial charge in [0.05, 0.1) is 12.5 Å². The molecule has 4 nitrogen and oxygen atoms in total. The van der Waals surface area contributed by atoms with Crippen molar-refractivity contribution in [3.63, 3.8) is 0 Å². The molecule has 0 radical (unpaired) electrons. The van der Waals surface area contributed by atoms with Crippen LogP contribution in [0.2, 0.25) is 0 Å². The SMILES string of the molecule is O=C(Cc1cccs1)NOC1CCCNC1. The summed E-state index contributed by atoms with van der Waals surface area (Å²) < 4.78 is 0. The van der Waals surface area contributed by atoms with Crippen LogP contribution in [0.15, 0.2) is 17.5 Å². The molecule has 0 bridgehead atoms. The predicted molar refractivity (Wildman–Crippen MR) is 63.1 cm³/mol. The maximum absolute atomic E-state index is 11.5. The Bertz CT molecular complexity index is 321.